The third-order valence-electron chi connectivity index (χ3n) is 4.41. The van der Waals surface area contributed by atoms with Crippen LogP contribution in [0.1, 0.15) is 70.0 Å². The van der Waals surface area contributed by atoms with Crippen LogP contribution in [0.3, 0.4) is 0 Å². The van der Waals surface area contributed by atoms with Gasteiger partial charge >= 0.3 is 0 Å². The van der Waals surface area contributed by atoms with E-state index in [1.54, 1.807) is 0 Å². The van der Waals surface area contributed by atoms with Crippen LogP contribution in [0.15, 0.2) is 18.2 Å². The minimum absolute atomic E-state index is 0.441. The molecule has 21 heavy (non-hydrogen) atoms. The van der Waals surface area contributed by atoms with E-state index in [2.05, 4.69) is 51.2 Å². The van der Waals surface area contributed by atoms with Gasteiger partial charge in [0.25, 0.3) is 0 Å². The van der Waals surface area contributed by atoms with Gasteiger partial charge in [-0.2, -0.15) is 0 Å². The summed E-state index contributed by atoms with van der Waals surface area (Å²) in [7, 11) is 0. The lowest BCUT2D eigenvalue weighted by atomic mass is 9.97. The lowest BCUT2D eigenvalue weighted by Crippen LogP contribution is -2.30. The van der Waals surface area contributed by atoms with Crippen molar-refractivity contribution in [1.29, 1.82) is 0 Å². The Balaban J connectivity index is 1.98. The van der Waals surface area contributed by atoms with E-state index in [0.29, 0.717) is 12.1 Å². The predicted octanol–water partition coefficient (Wildman–Crippen LogP) is 5.01. The summed E-state index contributed by atoms with van der Waals surface area (Å²) >= 11 is 0. The molecule has 0 aromatic heterocycles. The molecule has 2 heteroatoms. The normalized spacial score (nSPS) is 19.8. The molecule has 0 radical (unpaired) electrons. The van der Waals surface area contributed by atoms with Gasteiger partial charge in [-0.3, -0.25) is 0 Å². The Morgan fingerprint density at radius 2 is 2.05 bits per heavy atom. The Labute approximate surface area is 130 Å². The van der Waals surface area contributed by atoms with Crippen LogP contribution in [-0.2, 0) is 0 Å². The summed E-state index contributed by atoms with van der Waals surface area (Å²) in [6.45, 7) is 9.92. The standard InChI is InChI=1S/C19H31NO/c1-14(2)8-5-10-16(4)20-18-12-7-13-21-19-15(3)9-6-11-17(18)19/h6,9,11,14,16,18,20H,5,7-8,10,12-13H2,1-4H3. The number of ether oxygens (including phenoxy) is 1. The number of aryl methyl sites for hydroxylation is 1. The van der Waals surface area contributed by atoms with E-state index in [9.17, 15) is 0 Å². The smallest absolute Gasteiger partial charge is 0.126 e. The zero-order valence-corrected chi connectivity index (χ0v) is 14.1. The summed E-state index contributed by atoms with van der Waals surface area (Å²) in [6, 6.07) is 7.54. The Morgan fingerprint density at radius 1 is 1.24 bits per heavy atom. The van der Waals surface area contributed by atoms with E-state index >= 15 is 0 Å². The van der Waals surface area contributed by atoms with Gasteiger partial charge in [0, 0.05) is 17.6 Å². The largest absolute Gasteiger partial charge is 0.493 e. The quantitative estimate of drug-likeness (QED) is 0.794. The van der Waals surface area contributed by atoms with Gasteiger partial charge in [0.1, 0.15) is 5.75 Å². The molecule has 118 valence electrons. The molecular formula is C19H31NO. The first kappa shape index (κ1) is 16.4. The van der Waals surface area contributed by atoms with Crippen molar-refractivity contribution in [3.05, 3.63) is 29.3 Å². The van der Waals surface area contributed by atoms with Gasteiger partial charge in [0.15, 0.2) is 0 Å². The Hall–Kier alpha value is -1.02. The summed E-state index contributed by atoms with van der Waals surface area (Å²) in [5.41, 5.74) is 2.61. The van der Waals surface area contributed by atoms with Gasteiger partial charge in [-0.25, -0.2) is 0 Å². The number of hydrogen-bond acceptors (Lipinski definition) is 2. The summed E-state index contributed by atoms with van der Waals surface area (Å²) in [5.74, 6) is 1.92. The molecule has 1 heterocycles. The van der Waals surface area contributed by atoms with Crippen LogP contribution in [0.4, 0.5) is 0 Å². The summed E-state index contributed by atoms with van der Waals surface area (Å²) in [5, 5.41) is 3.84. The summed E-state index contributed by atoms with van der Waals surface area (Å²) < 4.78 is 5.96. The molecule has 0 amide bonds. The van der Waals surface area contributed by atoms with Gasteiger partial charge in [0.05, 0.1) is 6.61 Å². The van der Waals surface area contributed by atoms with Crippen molar-refractivity contribution < 1.29 is 4.74 Å². The van der Waals surface area contributed by atoms with Crippen molar-refractivity contribution in [1.82, 2.24) is 5.32 Å². The maximum Gasteiger partial charge on any atom is 0.126 e. The first-order valence-electron chi connectivity index (χ1n) is 8.56. The van der Waals surface area contributed by atoms with Crippen LogP contribution in [0.2, 0.25) is 0 Å². The molecule has 1 aromatic carbocycles. The highest BCUT2D eigenvalue weighted by Crippen LogP contribution is 2.34. The third-order valence-corrected chi connectivity index (χ3v) is 4.41. The van der Waals surface area contributed by atoms with Gasteiger partial charge in [-0.05, 0) is 44.6 Å². The lowest BCUT2D eigenvalue weighted by Gasteiger charge is -2.24. The SMILES string of the molecule is Cc1cccc2c1OCCCC2NC(C)CCCC(C)C. The number of rotatable bonds is 6. The van der Waals surface area contributed by atoms with E-state index in [1.807, 2.05) is 0 Å². The van der Waals surface area contributed by atoms with Crippen molar-refractivity contribution >= 4 is 0 Å². The monoisotopic (exact) mass is 289 g/mol. The number of benzene rings is 1. The molecule has 2 atom stereocenters. The highest BCUT2D eigenvalue weighted by atomic mass is 16.5. The van der Waals surface area contributed by atoms with Gasteiger partial charge in [0.2, 0.25) is 0 Å². The minimum atomic E-state index is 0.441. The first-order chi connectivity index (χ1) is 10.1. The zero-order chi connectivity index (χ0) is 15.2. The van der Waals surface area contributed by atoms with E-state index in [0.717, 1.165) is 24.7 Å². The maximum absolute atomic E-state index is 5.96. The second-order valence-electron chi connectivity index (χ2n) is 6.93. The number of hydrogen-bond donors (Lipinski definition) is 1. The molecule has 2 unspecified atom stereocenters. The molecule has 0 fully saturated rings. The highest BCUT2D eigenvalue weighted by Gasteiger charge is 2.22. The predicted molar refractivity (Wildman–Crippen MR) is 89.9 cm³/mol. The number of nitrogens with one attached hydrogen (secondary N) is 1. The molecule has 0 aliphatic carbocycles. The fourth-order valence-electron chi connectivity index (χ4n) is 3.20. The second-order valence-corrected chi connectivity index (χ2v) is 6.93. The molecule has 2 nitrogen and oxygen atoms in total. The summed E-state index contributed by atoms with van der Waals surface area (Å²) in [6.07, 6.45) is 6.21. The maximum atomic E-state index is 5.96. The fraction of sp³-hybridized carbons (Fsp3) is 0.684. The Kier molecular flexibility index (Phi) is 6.10. The second kappa shape index (κ2) is 7.84. The van der Waals surface area contributed by atoms with E-state index in [-0.39, 0.29) is 0 Å². The molecular weight excluding hydrogens is 258 g/mol. The van der Waals surface area contributed by atoms with Crippen LogP contribution in [0, 0.1) is 12.8 Å². The van der Waals surface area contributed by atoms with E-state index in [4.69, 9.17) is 4.74 Å². The highest BCUT2D eigenvalue weighted by molar-refractivity contribution is 5.43. The molecule has 1 N–H and O–H groups in total. The topological polar surface area (TPSA) is 21.3 Å². The van der Waals surface area contributed by atoms with Gasteiger partial charge in [-0.15, -0.1) is 0 Å². The first-order valence-corrected chi connectivity index (χ1v) is 8.56. The average molecular weight is 289 g/mol. The van der Waals surface area contributed by atoms with Crippen LogP contribution < -0.4 is 10.1 Å². The summed E-state index contributed by atoms with van der Waals surface area (Å²) in [4.78, 5) is 0. The third kappa shape index (κ3) is 4.74. The van der Waals surface area contributed by atoms with Crippen LogP contribution in [0.5, 0.6) is 5.75 Å². The fourth-order valence-corrected chi connectivity index (χ4v) is 3.20. The molecule has 0 bridgehead atoms. The molecule has 0 saturated carbocycles. The molecule has 2 rings (SSSR count). The van der Waals surface area contributed by atoms with E-state index in [1.165, 1.54) is 36.8 Å². The van der Waals surface area contributed by atoms with Crippen LogP contribution in [0.25, 0.3) is 0 Å². The minimum Gasteiger partial charge on any atom is -0.493 e. The Morgan fingerprint density at radius 3 is 2.81 bits per heavy atom. The number of fused-ring (bicyclic) bond motifs is 1. The van der Waals surface area contributed by atoms with Gasteiger partial charge in [-0.1, -0.05) is 44.9 Å². The van der Waals surface area contributed by atoms with Crippen molar-refractivity contribution in [2.45, 2.75) is 71.9 Å². The van der Waals surface area contributed by atoms with Crippen LogP contribution in [-0.4, -0.2) is 12.6 Å². The molecule has 1 aliphatic heterocycles. The lowest BCUT2D eigenvalue weighted by molar-refractivity contribution is 0.312. The van der Waals surface area contributed by atoms with Crippen molar-refractivity contribution in [2.75, 3.05) is 6.61 Å². The molecule has 1 aromatic rings. The average Bonchev–Trinajstić information content (AvgIpc) is 2.62. The van der Waals surface area contributed by atoms with E-state index < -0.39 is 0 Å². The zero-order valence-electron chi connectivity index (χ0n) is 14.1. The van der Waals surface area contributed by atoms with Crippen molar-refractivity contribution in [3.8, 4) is 5.75 Å². The van der Waals surface area contributed by atoms with Crippen molar-refractivity contribution in [3.63, 3.8) is 0 Å². The Bertz CT molecular complexity index is 441. The molecule has 0 spiro atoms. The molecule has 1 aliphatic rings. The molecule has 0 saturated heterocycles. The van der Waals surface area contributed by atoms with Gasteiger partial charge < -0.3 is 10.1 Å². The van der Waals surface area contributed by atoms with Crippen molar-refractivity contribution in [2.24, 2.45) is 5.92 Å². The van der Waals surface area contributed by atoms with Crippen LogP contribution >= 0.6 is 0 Å². The number of para-hydroxylation sites is 1.